The van der Waals surface area contributed by atoms with Crippen LogP contribution in [-0.4, -0.2) is 31.1 Å². The monoisotopic (exact) mass is 383 g/mol. The zero-order chi connectivity index (χ0) is 20.1. The molecule has 4 aromatic carbocycles. The molecule has 0 unspecified atom stereocenters. The smallest absolute Gasteiger partial charge is 0.123 e. The fourth-order valence-corrected chi connectivity index (χ4v) is 4.10. The maximum Gasteiger partial charge on any atom is 0.123 e. The molecule has 0 fully saturated rings. The van der Waals surface area contributed by atoms with E-state index in [0.29, 0.717) is 6.61 Å². The van der Waals surface area contributed by atoms with Crippen molar-refractivity contribution >= 4 is 21.5 Å². The molecule has 2 nitrogen and oxygen atoms in total. The predicted molar refractivity (Wildman–Crippen MR) is 124 cm³/mol. The second kappa shape index (κ2) is 9.11. The molecule has 0 aliphatic carbocycles. The molecule has 0 aliphatic rings. The second-order valence-corrected chi connectivity index (χ2v) is 7.45. The molecule has 0 radical (unpaired) electrons. The van der Waals surface area contributed by atoms with E-state index in [0.717, 1.165) is 31.8 Å². The van der Waals surface area contributed by atoms with Crippen molar-refractivity contribution in [3.05, 3.63) is 90.0 Å². The van der Waals surface area contributed by atoms with Crippen LogP contribution in [0, 0.1) is 0 Å². The molecule has 29 heavy (non-hydrogen) atoms. The van der Waals surface area contributed by atoms with Crippen LogP contribution in [-0.2, 0) is 6.42 Å². The average molecular weight is 384 g/mol. The van der Waals surface area contributed by atoms with Crippen molar-refractivity contribution in [2.24, 2.45) is 0 Å². The van der Waals surface area contributed by atoms with Crippen LogP contribution in [0.15, 0.2) is 78.9 Å². The Morgan fingerprint density at radius 3 is 2.10 bits per heavy atom. The summed E-state index contributed by atoms with van der Waals surface area (Å²) in [6.45, 7) is 8.17. The van der Waals surface area contributed by atoms with E-state index in [1.807, 2.05) is 0 Å². The average Bonchev–Trinajstić information content (AvgIpc) is 2.78. The summed E-state index contributed by atoms with van der Waals surface area (Å²) in [5, 5.41) is 5.14. The Kier molecular flexibility index (Phi) is 6.12. The quantitative estimate of drug-likeness (QED) is 0.354. The lowest BCUT2D eigenvalue weighted by Gasteiger charge is -2.20. The van der Waals surface area contributed by atoms with Gasteiger partial charge in [0, 0.05) is 18.5 Å². The topological polar surface area (TPSA) is 12.5 Å². The minimum atomic E-state index is 0.711. The first-order valence-electron chi connectivity index (χ1n) is 10.6. The molecule has 0 saturated heterocycles. The van der Waals surface area contributed by atoms with Gasteiger partial charge in [-0.1, -0.05) is 86.6 Å². The highest BCUT2D eigenvalue weighted by Crippen LogP contribution is 2.32. The number of fused-ring (bicyclic) bond motifs is 2. The van der Waals surface area contributed by atoms with Crippen LogP contribution >= 0.6 is 0 Å². The number of rotatable bonds is 8. The zero-order valence-electron chi connectivity index (χ0n) is 17.4. The molecule has 148 valence electrons. The maximum absolute atomic E-state index is 6.32. The minimum Gasteiger partial charge on any atom is -0.492 e. The number of hydrogen-bond acceptors (Lipinski definition) is 2. The zero-order valence-corrected chi connectivity index (χ0v) is 17.4. The summed E-state index contributed by atoms with van der Waals surface area (Å²) >= 11 is 0. The molecule has 0 atom stereocenters. The minimum absolute atomic E-state index is 0.711. The first-order chi connectivity index (χ1) is 14.3. The highest BCUT2D eigenvalue weighted by molar-refractivity contribution is 5.90. The third kappa shape index (κ3) is 4.28. The van der Waals surface area contributed by atoms with Crippen LogP contribution < -0.4 is 4.74 Å². The van der Waals surface area contributed by atoms with Crippen LogP contribution in [0.25, 0.3) is 21.5 Å². The lowest BCUT2D eigenvalue weighted by Crippen LogP contribution is -2.28. The van der Waals surface area contributed by atoms with Gasteiger partial charge in [0.1, 0.15) is 12.4 Å². The number of hydrogen-bond donors (Lipinski definition) is 0. The summed E-state index contributed by atoms with van der Waals surface area (Å²) in [5.74, 6) is 1.00. The molecule has 0 spiro atoms. The molecule has 0 bridgehead atoms. The SMILES string of the molecule is CCN(CC)CCOc1ccc2ccccc2c1Cc1cccc2ccccc12. The van der Waals surface area contributed by atoms with Crippen LogP contribution in [0.3, 0.4) is 0 Å². The number of likely N-dealkylation sites (N-methyl/N-ethyl adjacent to an activating group) is 1. The van der Waals surface area contributed by atoms with E-state index in [1.54, 1.807) is 0 Å². The van der Waals surface area contributed by atoms with Gasteiger partial charge in [0.25, 0.3) is 0 Å². The largest absolute Gasteiger partial charge is 0.492 e. The second-order valence-electron chi connectivity index (χ2n) is 7.45. The van der Waals surface area contributed by atoms with Gasteiger partial charge in [0.2, 0.25) is 0 Å². The lowest BCUT2D eigenvalue weighted by molar-refractivity contribution is 0.222. The van der Waals surface area contributed by atoms with E-state index in [1.165, 1.54) is 32.7 Å². The molecule has 4 aromatic rings. The summed E-state index contributed by atoms with van der Waals surface area (Å²) in [5.41, 5.74) is 2.62. The van der Waals surface area contributed by atoms with E-state index < -0.39 is 0 Å². The van der Waals surface area contributed by atoms with E-state index in [9.17, 15) is 0 Å². The molecule has 4 rings (SSSR count). The Morgan fingerprint density at radius 2 is 1.34 bits per heavy atom. The summed E-state index contributed by atoms with van der Waals surface area (Å²) in [6.07, 6.45) is 0.864. The van der Waals surface area contributed by atoms with Crippen LogP contribution in [0.4, 0.5) is 0 Å². The molecule has 2 heteroatoms. The van der Waals surface area contributed by atoms with Crippen molar-refractivity contribution in [3.63, 3.8) is 0 Å². The molecule has 0 N–H and O–H groups in total. The molecular formula is C27H29NO. The van der Waals surface area contributed by atoms with Gasteiger partial charge in [0.05, 0.1) is 0 Å². The summed E-state index contributed by atoms with van der Waals surface area (Å²) in [7, 11) is 0. The van der Waals surface area contributed by atoms with Crippen LogP contribution in [0.1, 0.15) is 25.0 Å². The third-order valence-corrected chi connectivity index (χ3v) is 5.80. The maximum atomic E-state index is 6.32. The highest BCUT2D eigenvalue weighted by Gasteiger charge is 2.12. The summed E-state index contributed by atoms with van der Waals surface area (Å²) < 4.78 is 6.32. The van der Waals surface area contributed by atoms with Crippen LogP contribution in [0.5, 0.6) is 5.75 Å². The first-order valence-corrected chi connectivity index (χ1v) is 10.6. The number of benzene rings is 4. The number of ether oxygens (including phenoxy) is 1. The molecule has 0 heterocycles. The third-order valence-electron chi connectivity index (χ3n) is 5.80. The first kappa shape index (κ1) is 19.5. The predicted octanol–water partition coefficient (Wildman–Crippen LogP) is 6.30. The normalized spacial score (nSPS) is 11.4. The van der Waals surface area contributed by atoms with E-state index in [-0.39, 0.29) is 0 Å². The van der Waals surface area contributed by atoms with E-state index in [4.69, 9.17) is 4.74 Å². The summed E-state index contributed by atoms with van der Waals surface area (Å²) in [6, 6.07) is 28.1. The molecule has 0 saturated carbocycles. The Labute approximate surface area is 173 Å². The van der Waals surface area contributed by atoms with Crippen molar-refractivity contribution < 1.29 is 4.74 Å². The van der Waals surface area contributed by atoms with Gasteiger partial charge in [-0.15, -0.1) is 0 Å². The summed E-state index contributed by atoms with van der Waals surface area (Å²) in [4.78, 5) is 2.39. The molecule has 0 aliphatic heterocycles. The van der Waals surface area contributed by atoms with Crippen LogP contribution in [0.2, 0.25) is 0 Å². The van der Waals surface area contributed by atoms with Crippen molar-refractivity contribution in [3.8, 4) is 5.75 Å². The van der Waals surface area contributed by atoms with Gasteiger partial charge in [-0.2, -0.15) is 0 Å². The van der Waals surface area contributed by atoms with Crippen molar-refractivity contribution in [2.75, 3.05) is 26.2 Å². The Hall–Kier alpha value is -2.84. The van der Waals surface area contributed by atoms with Gasteiger partial charge in [-0.25, -0.2) is 0 Å². The van der Waals surface area contributed by atoms with Gasteiger partial charge in [0.15, 0.2) is 0 Å². The van der Waals surface area contributed by atoms with Crippen molar-refractivity contribution in [1.82, 2.24) is 4.90 Å². The van der Waals surface area contributed by atoms with Gasteiger partial charge in [-0.3, -0.25) is 0 Å². The Morgan fingerprint density at radius 1 is 0.690 bits per heavy atom. The fraction of sp³-hybridized carbons (Fsp3) is 0.259. The lowest BCUT2D eigenvalue weighted by atomic mass is 9.94. The standard InChI is InChI=1S/C27H29NO/c1-3-28(4-2)18-19-29-27-17-16-22-11-6-8-15-25(22)26(27)20-23-13-9-12-21-10-5-7-14-24(21)23/h5-17H,3-4,18-20H2,1-2H3. The van der Waals surface area contributed by atoms with Crippen molar-refractivity contribution in [2.45, 2.75) is 20.3 Å². The van der Waals surface area contributed by atoms with Gasteiger partial charge < -0.3 is 9.64 Å². The highest BCUT2D eigenvalue weighted by atomic mass is 16.5. The fourth-order valence-electron chi connectivity index (χ4n) is 4.10. The van der Waals surface area contributed by atoms with E-state index >= 15 is 0 Å². The van der Waals surface area contributed by atoms with Gasteiger partial charge >= 0.3 is 0 Å². The molecule has 0 aromatic heterocycles. The Bertz CT molecular complexity index is 1090. The Balaban J connectivity index is 1.71. The number of nitrogens with zero attached hydrogens (tertiary/aromatic N) is 1. The van der Waals surface area contributed by atoms with E-state index in [2.05, 4.69) is 97.6 Å². The van der Waals surface area contributed by atoms with Gasteiger partial charge in [-0.05, 0) is 46.3 Å². The molecular weight excluding hydrogens is 354 g/mol. The molecule has 0 amide bonds. The van der Waals surface area contributed by atoms with Crippen molar-refractivity contribution in [1.29, 1.82) is 0 Å².